The molecule has 0 heterocycles. The highest BCUT2D eigenvalue weighted by atomic mass is 32.1. The minimum atomic E-state index is -1.44. The van der Waals surface area contributed by atoms with Gasteiger partial charge in [-0.05, 0) is 33.6 Å². The largest absolute Gasteiger partial charge is 0.393 e. The molecular formula is C22H36N6O8S. The van der Waals surface area contributed by atoms with Crippen LogP contribution in [0, 0.1) is 0 Å². The summed E-state index contributed by atoms with van der Waals surface area (Å²) in [4.78, 5) is 86.5. The summed E-state index contributed by atoms with van der Waals surface area (Å²) in [6.07, 6.45) is -0.638. The number of amides is 4. The van der Waals surface area contributed by atoms with E-state index in [2.05, 4.69) is 38.9 Å². The number of hydrogen-bond donors (Lipinski definition) is 6. The highest BCUT2D eigenvalue weighted by Gasteiger charge is 2.27. The van der Waals surface area contributed by atoms with Crippen LogP contribution in [-0.2, 0) is 38.3 Å². The summed E-state index contributed by atoms with van der Waals surface area (Å²) in [6, 6.07) is -4.80. The third-order valence-corrected chi connectivity index (χ3v) is 4.84. The van der Waals surface area contributed by atoms with Crippen molar-refractivity contribution in [3.05, 3.63) is 0 Å². The number of nitrogens with one attached hydrogen (secondary N) is 4. The van der Waals surface area contributed by atoms with Gasteiger partial charge >= 0.3 is 5.97 Å². The Bertz CT molecular complexity index is 916. The van der Waals surface area contributed by atoms with E-state index in [0.29, 0.717) is 6.29 Å². The fourth-order valence-corrected chi connectivity index (χ4v) is 2.69. The molecule has 5 atom stereocenters. The lowest BCUT2D eigenvalue weighted by Gasteiger charge is -2.19. The summed E-state index contributed by atoms with van der Waals surface area (Å²) in [5.74, 6) is -3.48. The number of rotatable bonds is 16. The van der Waals surface area contributed by atoms with Crippen LogP contribution in [0.15, 0.2) is 4.99 Å². The van der Waals surface area contributed by atoms with Crippen molar-refractivity contribution in [2.45, 2.75) is 82.8 Å². The fourth-order valence-electron chi connectivity index (χ4n) is 2.61. The zero-order valence-electron chi connectivity index (χ0n) is 22.2. The summed E-state index contributed by atoms with van der Waals surface area (Å²) in [7, 11) is 0. The van der Waals surface area contributed by atoms with E-state index in [9.17, 15) is 33.6 Å². The Balaban J connectivity index is 5.07. The maximum Gasteiger partial charge on any atom is 0.316 e. The standard InChI is InChI=1S/C22H36N6O8S/c1-5-17(31)27-15(20(34)25-12(2)10-29)7-6-8-24-22(23)36-18(32)9-16(28-19(33)14(4)37)21(35)26-13(3)11-30/h10-16,37H,5-9H2,1-4H3,(H2,23,24)(H,25,34)(H,26,35)(H,27,31)(H,28,33)/i11T. The van der Waals surface area contributed by atoms with Crippen LogP contribution < -0.4 is 27.0 Å². The number of aldehydes is 2. The normalized spacial score (nSPS) is 15.5. The predicted octanol–water partition coefficient (Wildman–Crippen LogP) is -1.88. The zero-order valence-corrected chi connectivity index (χ0v) is 22.1. The van der Waals surface area contributed by atoms with Crippen molar-refractivity contribution in [1.29, 1.82) is 0 Å². The molecule has 0 aromatic heterocycles. The predicted molar refractivity (Wildman–Crippen MR) is 136 cm³/mol. The number of nitrogens with zero attached hydrogens (tertiary/aromatic N) is 1. The van der Waals surface area contributed by atoms with Gasteiger partial charge in [-0.15, -0.1) is 0 Å². The highest BCUT2D eigenvalue weighted by molar-refractivity contribution is 7.81. The van der Waals surface area contributed by atoms with Crippen LogP contribution in [0.4, 0.5) is 0 Å². The smallest absolute Gasteiger partial charge is 0.316 e. The van der Waals surface area contributed by atoms with Crippen LogP contribution in [0.25, 0.3) is 0 Å². The van der Waals surface area contributed by atoms with E-state index in [4.69, 9.17) is 11.8 Å². The van der Waals surface area contributed by atoms with Crippen LogP contribution >= 0.6 is 12.6 Å². The number of ether oxygens (including phenoxy) is 1. The molecule has 0 aliphatic carbocycles. The van der Waals surface area contributed by atoms with Gasteiger partial charge in [0.15, 0.2) is 0 Å². The molecule has 0 rings (SSSR count). The lowest BCUT2D eigenvalue weighted by molar-refractivity contribution is -0.139. The first-order valence-electron chi connectivity index (χ1n) is 12.1. The quantitative estimate of drug-likeness (QED) is 0.0318. The van der Waals surface area contributed by atoms with Gasteiger partial charge in [0, 0.05) is 13.0 Å². The molecule has 208 valence electrons. The molecule has 0 bridgehead atoms. The molecule has 4 amide bonds. The number of nitrogens with two attached hydrogens (primary N) is 1. The molecule has 0 saturated heterocycles. The monoisotopic (exact) mass is 546 g/mol. The van der Waals surface area contributed by atoms with E-state index < -0.39 is 71.8 Å². The summed E-state index contributed by atoms with van der Waals surface area (Å²) >= 11 is 3.96. The van der Waals surface area contributed by atoms with E-state index in [-0.39, 0.29) is 31.7 Å². The van der Waals surface area contributed by atoms with Crippen molar-refractivity contribution in [2.24, 2.45) is 10.7 Å². The van der Waals surface area contributed by atoms with Gasteiger partial charge in [0.25, 0.3) is 6.02 Å². The third kappa shape index (κ3) is 14.6. The van der Waals surface area contributed by atoms with Gasteiger partial charge in [0.2, 0.25) is 23.6 Å². The first kappa shape index (κ1) is 31.5. The second kappa shape index (κ2) is 17.9. The van der Waals surface area contributed by atoms with Gasteiger partial charge in [0.1, 0.15) is 26.0 Å². The molecular weight excluding hydrogens is 508 g/mol. The lowest BCUT2D eigenvalue weighted by Crippen LogP contribution is -2.51. The van der Waals surface area contributed by atoms with Crippen molar-refractivity contribution in [3.63, 3.8) is 0 Å². The summed E-state index contributed by atoms with van der Waals surface area (Å²) in [5.41, 5.74) is 5.61. The van der Waals surface area contributed by atoms with E-state index >= 15 is 0 Å². The van der Waals surface area contributed by atoms with Gasteiger partial charge in [-0.25, -0.2) is 4.99 Å². The Morgan fingerprint density at radius 2 is 1.57 bits per heavy atom. The summed E-state index contributed by atoms with van der Waals surface area (Å²) in [5, 5.41) is 8.71. The van der Waals surface area contributed by atoms with Crippen molar-refractivity contribution in [3.8, 4) is 0 Å². The number of amidine groups is 1. The number of thiol groups is 1. The summed E-state index contributed by atoms with van der Waals surface area (Å²) in [6.45, 7) is 5.82. The molecule has 0 fully saturated rings. The Morgan fingerprint density at radius 3 is 2.11 bits per heavy atom. The van der Waals surface area contributed by atoms with Gasteiger partial charge in [-0.1, -0.05) is 6.92 Å². The molecule has 0 radical (unpaired) electrons. The van der Waals surface area contributed by atoms with E-state index in [0.717, 1.165) is 0 Å². The summed E-state index contributed by atoms with van der Waals surface area (Å²) < 4.78 is 11.9. The molecule has 0 aromatic rings. The topological polar surface area (TPSA) is 215 Å². The molecule has 0 aliphatic heterocycles. The number of carbonyl (C=O) groups is 7. The Hall–Kier alpha value is -3.49. The van der Waals surface area contributed by atoms with Gasteiger partial charge in [-0.3, -0.25) is 24.0 Å². The molecule has 0 saturated carbocycles. The fraction of sp³-hybridized carbons (Fsp3) is 0.636. The van der Waals surface area contributed by atoms with Gasteiger partial charge in [-0.2, -0.15) is 12.6 Å². The second-order valence-electron chi connectivity index (χ2n) is 8.03. The minimum Gasteiger partial charge on any atom is -0.393 e. The van der Waals surface area contributed by atoms with E-state index in [1.165, 1.54) is 20.8 Å². The minimum absolute atomic E-state index is 0.00900. The molecule has 14 nitrogen and oxygen atoms in total. The zero-order chi connectivity index (χ0) is 29.4. The lowest BCUT2D eigenvalue weighted by atomic mass is 10.1. The van der Waals surface area contributed by atoms with Gasteiger partial charge < -0.3 is 41.3 Å². The van der Waals surface area contributed by atoms with E-state index in [1.807, 2.05) is 0 Å². The number of aliphatic imine (C=N–C) groups is 1. The maximum atomic E-state index is 12.4. The Morgan fingerprint density at radius 1 is 0.973 bits per heavy atom. The molecule has 37 heavy (non-hydrogen) atoms. The van der Waals surface area contributed by atoms with Crippen molar-refractivity contribution in [1.82, 2.24) is 21.3 Å². The first-order chi connectivity index (χ1) is 17.7. The SMILES string of the molecule is [3H]C(=O)C(C)NC(=O)C(CC(=O)OC(N)=NCCCC(NC(=O)CC)C(=O)NC(C)C=O)NC(=O)C(C)S. The van der Waals surface area contributed by atoms with Crippen molar-refractivity contribution >= 4 is 60.8 Å². The van der Waals surface area contributed by atoms with Gasteiger partial charge in [0.05, 0.1) is 23.8 Å². The molecule has 0 spiro atoms. The molecule has 15 heteroatoms. The Labute approximate surface area is 222 Å². The Kier molecular flexibility index (Phi) is 15.2. The average Bonchev–Trinajstić information content (AvgIpc) is 2.84. The van der Waals surface area contributed by atoms with Crippen LogP contribution in [0.1, 0.15) is 54.7 Å². The second-order valence-corrected chi connectivity index (χ2v) is 8.81. The van der Waals surface area contributed by atoms with E-state index in [1.54, 1.807) is 6.92 Å². The molecule has 0 aromatic carbocycles. The van der Waals surface area contributed by atoms with Crippen molar-refractivity contribution in [2.75, 3.05) is 6.54 Å². The highest BCUT2D eigenvalue weighted by Crippen LogP contribution is 2.03. The molecule has 6 N–H and O–H groups in total. The van der Waals surface area contributed by atoms with Crippen LogP contribution in [-0.4, -0.2) is 84.1 Å². The van der Waals surface area contributed by atoms with Crippen LogP contribution in [0.2, 0.25) is 0 Å². The van der Waals surface area contributed by atoms with Crippen LogP contribution in [0.3, 0.4) is 0 Å². The maximum absolute atomic E-state index is 12.4. The molecule has 5 unspecified atom stereocenters. The van der Waals surface area contributed by atoms with Crippen LogP contribution in [0.5, 0.6) is 0 Å². The average molecular weight is 547 g/mol. The number of esters is 1. The molecule has 0 aliphatic rings. The number of hydrogen-bond acceptors (Lipinski definition) is 10. The number of carbonyl (C=O) groups excluding carboxylic acids is 7. The third-order valence-electron chi connectivity index (χ3n) is 4.60. The first-order valence-corrected chi connectivity index (χ1v) is 12.1. The van der Waals surface area contributed by atoms with Crippen molar-refractivity contribution < 1.29 is 39.7 Å².